The standard InChI is InChI=1S/C25H32O4/c1-4-5-9-17(2)10-6-13-19-21(26)16-22-24(19)20-14-7-11-18(25(20)29-22)12-8-15-23(27)28-3/h6-7,11,13-14,17,19,21-22,24,26H,8-10,12,15-16H2,1-3H3/b13-6+/t17?,19?,21-,22+,24+/m1/s1. The minimum atomic E-state index is -0.372. The summed E-state index contributed by atoms with van der Waals surface area (Å²) in [6.07, 6.45) is 8.53. The summed E-state index contributed by atoms with van der Waals surface area (Å²) in [4.78, 5) is 11.4. The van der Waals surface area contributed by atoms with Crippen molar-refractivity contribution in [2.45, 2.75) is 70.5 Å². The molecule has 1 saturated carbocycles. The SMILES string of the molecule is CC#CCC(C)C/C=C/C1[C@H](O)C[C@@H]2Oc3c(CCCC(=O)OC)cccc3[C@H]12. The van der Waals surface area contributed by atoms with Crippen molar-refractivity contribution < 1.29 is 19.4 Å². The van der Waals surface area contributed by atoms with Gasteiger partial charge in [-0.05, 0) is 37.7 Å². The molecule has 156 valence electrons. The van der Waals surface area contributed by atoms with Crippen molar-refractivity contribution in [3.8, 4) is 17.6 Å². The fraction of sp³-hybridized carbons (Fsp3) is 0.560. The maximum Gasteiger partial charge on any atom is 0.305 e. The second-order valence-corrected chi connectivity index (χ2v) is 8.23. The molecule has 5 atom stereocenters. The predicted octanol–water partition coefficient (Wildman–Crippen LogP) is 4.40. The Labute approximate surface area is 174 Å². The molecule has 3 rings (SSSR count). The first-order valence-electron chi connectivity index (χ1n) is 10.6. The van der Waals surface area contributed by atoms with E-state index in [0.29, 0.717) is 18.8 Å². The third-order valence-electron chi connectivity index (χ3n) is 6.07. The maximum absolute atomic E-state index is 11.4. The number of aryl methyl sites for hydroxylation is 1. The molecule has 0 radical (unpaired) electrons. The topological polar surface area (TPSA) is 55.8 Å². The van der Waals surface area contributed by atoms with Crippen LogP contribution in [0.25, 0.3) is 0 Å². The molecule has 1 aliphatic carbocycles. The van der Waals surface area contributed by atoms with E-state index in [-0.39, 0.29) is 30.0 Å². The van der Waals surface area contributed by atoms with Gasteiger partial charge in [-0.25, -0.2) is 0 Å². The second-order valence-electron chi connectivity index (χ2n) is 8.23. The Balaban J connectivity index is 1.69. The normalized spacial score (nSPS) is 25.7. The summed E-state index contributed by atoms with van der Waals surface area (Å²) in [6, 6.07) is 6.27. The Morgan fingerprint density at radius 3 is 3.03 bits per heavy atom. The zero-order chi connectivity index (χ0) is 20.8. The van der Waals surface area contributed by atoms with Crippen molar-refractivity contribution in [2.75, 3.05) is 7.11 Å². The number of fused-ring (bicyclic) bond motifs is 3. The van der Waals surface area contributed by atoms with E-state index in [1.807, 2.05) is 6.92 Å². The number of methoxy groups -OCH3 is 1. The summed E-state index contributed by atoms with van der Waals surface area (Å²) in [5.41, 5.74) is 2.34. The van der Waals surface area contributed by atoms with Crippen molar-refractivity contribution in [3.05, 3.63) is 41.5 Å². The summed E-state index contributed by atoms with van der Waals surface area (Å²) in [7, 11) is 1.42. The first-order valence-corrected chi connectivity index (χ1v) is 10.6. The molecule has 0 spiro atoms. The lowest BCUT2D eigenvalue weighted by molar-refractivity contribution is -0.140. The number of aliphatic hydroxyl groups is 1. The largest absolute Gasteiger partial charge is 0.489 e. The van der Waals surface area contributed by atoms with Gasteiger partial charge in [-0.15, -0.1) is 11.8 Å². The van der Waals surface area contributed by atoms with Gasteiger partial charge >= 0.3 is 5.97 Å². The highest BCUT2D eigenvalue weighted by atomic mass is 16.5. The monoisotopic (exact) mass is 396 g/mol. The highest BCUT2D eigenvalue weighted by Crippen LogP contribution is 2.52. The van der Waals surface area contributed by atoms with E-state index in [0.717, 1.165) is 37.0 Å². The smallest absolute Gasteiger partial charge is 0.305 e. The first-order chi connectivity index (χ1) is 14.0. The zero-order valence-electron chi connectivity index (χ0n) is 17.7. The average molecular weight is 397 g/mol. The summed E-state index contributed by atoms with van der Waals surface area (Å²) in [6.45, 7) is 4.08. The molecule has 4 nitrogen and oxygen atoms in total. The number of carbonyl (C=O) groups is 1. The molecule has 29 heavy (non-hydrogen) atoms. The minimum absolute atomic E-state index is 0.0276. The van der Waals surface area contributed by atoms with Gasteiger partial charge in [-0.1, -0.05) is 37.3 Å². The molecule has 1 N–H and O–H groups in total. The van der Waals surface area contributed by atoms with E-state index in [9.17, 15) is 9.90 Å². The first kappa shape index (κ1) is 21.5. The van der Waals surface area contributed by atoms with Crippen LogP contribution in [-0.2, 0) is 16.0 Å². The summed E-state index contributed by atoms with van der Waals surface area (Å²) < 4.78 is 11.0. The Kier molecular flexibility index (Phi) is 7.39. The molecule has 2 unspecified atom stereocenters. The van der Waals surface area contributed by atoms with E-state index in [4.69, 9.17) is 9.47 Å². The predicted molar refractivity (Wildman–Crippen MR) is 114 cm³/mol. The van der Waals surface area contributed by atoms with Gasteiger partial charge in [0.25, 0.3) is 0 Å². The number of aliphatic hydroxyl groups excluding tert-OH is 1. The van der Waals surface area contributed by atoms with Crippen LogP contribution in [0.2, 0.25) is 0 Å². The Hall–Kier alpha value is -2.25. The minimum Gasteiger partial charge on any atom is -0.489 e. The van der Waals surface area contributed by atoms with Crippen molar-refractivity contribution in [1.29, 1.82) is 0 Å². The van der Waals surface area contributed by atoms with E-state index >= 15 is 0 Å². The number of carbonyl (C=O) groups excluding carboxylic acids is 1. The van der Waals surface area contributed by atoms with Crippen LogP contribution in [0.3, 0.4) is 0 Å². The molecule has 1 aromatic carbocycles. The number of ether oxygens (including phenoxy) is 2. The molecule has 4 heteroatoms. The fourth-order valence-electron chi connectivity index (χ4n) is 4.52. The van der Waals surface area contributed by atoms with Crippen LogP contribution < -0.4 is 4.74 Å². The molecule has 0 amide bonds. The molecule has 1 heterocycles. The molecular formula is C25H32O4. The summed E-state index contributed by atoms with van der Waals surface area (Å²) >= 11 is 0. The lowest BCUT2D eigenvalue weighted by atomic mass is 9.86. The molecule has 1 fully saturated rings. The zero-order valence-corrected chi connectivity index (χ0v) is 17.7. The number of benzene rings is 1. The van der Waals surface area contributed by atoms with Crippen molar-refractivity contribution in [3.63, 3.8) is 0 Å². The summed E-state index contributed by atoms with van der Waals surface area (Å²) in [5, 5.41) is 10.6. The maximum atomic E-state index is 11.4. The average Bonchev–Trinajstić information content (AvgIpc) is 3.22. The van der Waals surface area contributed by atoms with E-state index < -0.39 is 0 Å². The van der Waals surface area contributed by atoms with Gasteiger partial charge in [0.2, 0.25) is 0 Å². The van der Waals surface area contributed by atoms with Crippen molar-refractivity contribution >= 4 is 5.97 Å². The van der Waals surface area contributed by atoms with Gasteiger partial charge in [0.15, 0.2) is 0 Å². The van der Waals surface area contributed by atoms with Gasteiger partial charge in [-0.3, -0.25) is 4.79 Å². The van der Waals surface area contributed by atoms with Crippen molar-refractivity contribution in [1.82, 2.24) is 0 Å². The Morgan fingerprint density at radius 2 is 2.28 bits per heavy atom. The highest BCUT2D eigenvalue weighted by Gasteiger charge is 2.48. The molecule has 0 bridgehead atoms. The third kappa shape index (κ3) is 5.03. The van der Waals surface area contributed by atoms with Crippen molar-refractivity contribution in [2.24, 2.45) is 11.8 Å². The molecule has 2 aliphatic rings. The van der Waals surface area contributed by atoms with Gasteiger partial charge in [0.1, 0.15) is 11.9 Å². The van der Waals surface area contributed by atoms with Crippen LogP contribution in [0, 0.1) is 23.7 Å². The molecule has 1 aliphatic heterocycles. The van der Waals surface area contributed by atoms with E-state index in [1.54, 1.807) is 0 Å². The molecule has 0 aromatic heterocycles. The van der Waals surface area contributed by atoms with E-state index in [1.165, 1.54) is 12.7 Å². The number of hydrogen-bond donors (Lipinski definition) is 1. The van der Waals surface area contributed by atoms with Crippen LogP contribution in [0.15, 0.2) is 30.4 Å². The van der Waals surface area contributed by atoms with Crippen LogP contribution in [0.4, 0.5) is 0 Å². The Bertz CT molecular complexity index is 801. The summed E-state index contributed by atoms with van der Waals surface area (Å²) in [5.74, 6) is 7.66. The molecular weight excluding hydrogens is 364 g/mol. The number of rotatable bonds is 8. The van der Waals surface area contributed by atoms with E-state index in [2.05, 4.69) is 49.1 Å². The number of allylic oxidation sites excluding steroid dienone is 1. The molecule has 0 saturated heterocycles. The Morgan fingerprint density at radius 1 is 1.45 bits per heavy atom. The van der Waals surface area contributed by atoms with Crippen LogP contribution >= 0.6 is 0 Å². The van der Waals surface area contributed by atoms with Gasteiger partial charge in [0, 0.05) is 36.7 Å². The number of hydrogen-bond acceptors (Lipinski definition) is 4. The van der Waals surface area contributed by atoms with Crippen LogP contribution in [-0.4, -0.2) is 30.4 Å². The molecule has 1 aromatic rings. The van der Waals surface area contributed by atoms with Gasteiger partial charge in [0.05, 0.1) is 13.2 Å². The van der Waals surface area contributed by atoms with Gasteiger partial charge in [-0.2, -0.15) is 0 Å². The van der Waals surface area contributed by atoms with Crippen LogP contribution in [0.5, 0.6) is 5.75 Å². The lowest BCUT2D eigenvalue weighted by Gasteiger charge is -2.17. The highest BCUT2D eigenvalue weighted by molar-refractivity contribution is 5.69. The van der Waals surface area contributed by atoms with Gasteiger partial charge < -0.3 is 14.6 Å². The second kappa shape index (κ2) is 9.98. The van der Waals surface area contributed by atoms with Crippen LogP contribution in [0.1, 0.15) is 63.0 Å². The fourth-order valence-corrected chi connectivity index (χ4v) is 4.52. The quantitative estimate of drug-likeness (QED) is 0.402. The lowest BCUT2D eigenvalue weighted by Crippen LogP contribution is -2.16. The number of para-hydroxylation sites is 1. The number of esters is 1. The third-order valence-corrected chi connectivity index (χ3v) is 6.07.